The highest BCUT2D eigenvalue weighted by Crippen LogP contribution is 2.33. The fourth-order valence-corrected chi connectivity index (χ4v) is 3.53. The maximum Gasteiger partial charge on any atom is 0.340 e. The molecule has 0 bridgehead atoms. The third-order valence-corrected chi connectivity index (χ3v) is 5.02. The number of nitrogens with one attached hydrogen (secondary N) is 2. The Bertz CT molecular complexity index is 1030. The van der Waals surface area contributed by atoms with Gasteiger partial charge in [-0.25, -0.2) is 9.59 Å². The number of hydrogen-bond acceptors (Lipinski definition) is 5. The Hall–Kier alpha value is -3.39. The fourth-order valence-electron chi connectivity index (χ4n) is 3.20. The standard InChI is InChI=1S/C21H20ClN3O5/c1-3-30-18(27)13-8-4-7-11-16(13)23-17(26)12-25-19(28)21(2,24-20(25)29)14-9-5-6-10-15(14)22/h4-11H,3,12H2,1-2H3,(H,23,26)(H,24,29). The van der Waals surface area contributed by atoms with Gasteiger partial charge in [-0.05, 0) is 32.0 Å². The first-order valence-corrected chi connectivity index (χ1v) is 9.61. The second-order valence-corrected chi connectivity index (χ2v) is 7.15. The smallest absolute Gasteiger partial charge is 0.340 e. The SMILES string of the molecule is CCOC(=O)c1ccccc1NC(=O)CN1C(=O)NC(C)(c2ccccc2Cl)C1=O. The number of ether oxygens (including phenoxy) is 1. The Morgan fingerprint density at radius 3 is 2.50 bits per heavy atom. The van der Waals surface area contributed by atoms with Crippen molar-refractivity contribution in [1.82, 2.24) is 10.2 Å². The number of nitrogens with zero attached hydrogens (tertiary/aromatic N) is 1. The van der Waals surface area contributed by atoms with Crippen LogP contribution in [0, 0.1) is 0 Å². The molecule has 1 fully saturated rings. The van der Waals surface area contributed by atoms with Crippen molar-refractivity contribution in [3.05, 3.63) is 64.7 Å². The van der Waals surface area contributed by atoms with E-state index in [2.05, 4.69) is 10.6 Å². The average Bonchev–Trinajstić information content (AvgIpc) is 2.92. The Morgan fingerprint density at radius 2 is 1.80 bits per heavy atom. The lowest BCUT2D eigenvalue weighted by molar-refractivity contribution is -0.133. The summed E-state index contributed by atoms with van der Waals surface area (Å²) in [5.74, 6) is -1.83. The molecular weight excluding hydrogens is 410 g/mol. The zero-order valence-electron chi connectivity index (χ0n) is 16.4. The van der Waals surface area contributed by atoms with E-state index < -0.39 is 35.9 Å². The van der Waals surface area contributed by atoms with Crippen LogP contribution in [0.4, 0.5) is 10.5 Å². The summed E-state index contributed by atoms with van der Waals surface area (Å²) in [5.41, 5.74) is -0.563. The molecule has 2 N–H and O–H groups in total. The quantitative estimate of drug-likeness (QED) is 0.542. The number of carbonyl (C=O) groups excluding carboxylic acids is 4. The van der Waals surface area contributed by atoms with Gasteiger partial charge in [-0.3, -0.25) is 14.5 Å². The minimum absolute atomic E-state index is 0.172. The Labute approximate surface area is 178 Å². The number of anilines is 1. The number of benzene rings is 2. The van der Waals surface area contributed by atoms with Crippen LogP contribution in [0.25, 0.3) is 0 Å². The maximum atomic E-state index is 13.0. The largest absolute Gasteiger partial charge is 0.462 e. The van der Waals surface area contributed by atoms with Gasteiger partial charge >= 0.3 is 12.0 Å². The van der Waals surface area contributed by atoms with Crippen LogP contribution in [0.2, 0.25) is 5.02 Å². The van der Waals surface area contributed by atoms with Crippen LogP contribution in [0.5, 0.6) is 0 Å². The highest BCUT2D eigenvalue weighted by Gasteiger charge is 2.50. The molecule has 1 unspecified atom stereocenters. The molecule has 9 heteroatoms. The zero-order chi connectivity index (χ0) is 21.9. The molecule has 1 aliphatic heterocycles. The molecule has 2 aromatic carbocycles. The van der Waals surface area contributed by atoms with Gasteiger partial charge in [0.2, 0.25) is 5.91 Å². The highest BCUT2D eigenvalue weighted by molar-refractivity contribution is 6.32. The van der Waals surface area contributed by atoms with Crippen LogP contribution in [-0.4, -0.2) is 41.9 Å². The normalized spacial score (nSPS) is 18.2. The Balaban J connectivity index is 1.77. The lowest BCUT2D eigenvalue weighted by atomic mass is 9.92. The van der Waals surface area contributed by atoms with E-state index in [1.54, 1.807) is 43.3 Å². The lowest BCUT2D eigenvalue weighted by Gasteiger charge is -2.23. The zero-order valence-corrected chi connectivity index (χ0v) is 17.2. The lowest BCUT2D eigenvalue weighted by Crippen LogP contribution is -2.42. The van der Waals surface area contributed by atoms with Crippen LogP contribution in [0.1, 0.15) is 29.8 Å². The summed E-state index contributed by atoms with van der Waals surface area (Å²) in [4.78, 5) is 50.8. The van der Waals surface area contributed by atoms with E-state index in [-0.39, 0.29) is 17.9 Å². The van der Waals surface area contributed by atoms with Gasteiger partial charge in [-0.1, -0.05) is 41.9 Å². The fraction of sp³-hybridized carbons (Fsp3) is 0.238. The predicted molar refractivity (Wildman–Crippen MR) is 110 cm³/mol. The van der Waals surface area contributed by atoms with Gasteiger partial charge in [0.1, 0.15) is 12.1 Å². The van der Waals surface area contributed by atoms with E-state index in [9.17, 15) is 19.2 Å². The summed E-state index contributed by atoms with van der Waals surface area (Å²) in [6, 6.07) is 12.3. The molecule has 156 valence electrons. The third-order valence-electron chi connectivity index (χ3n) is 4.69. The molecule has 8 nitrogen and oxygen atoms in total. The number of hydrogen-bond donors (Lipinski definition) is 2. The molecule has 0 aliphatic carbocycles. The van der Waals surface area contributed by atoms with Crippen LogP contribution >= 0.6 is 11.6 Å². The van der Waals surface area contributed by atoms with Crippen molar-refractivity contribution in [2.24, 2.45) is 0 Å². The van der Waals surface area contributed by atoms with Crippen molar-refractivity contribution < 1.29 is 23.9 Å². The average molecular weight is 430 g/mol. The summed E-state index contributed by atoms with van der Waals surface area (Å²) in [5, 5.41) is 5.48. The number of carbonyl (C=O) groups is 4. The molecule has 1 saturated heterocycles. The van der Waals surface area contributed by atoms with Crippen molar-refractivity contribution in [2.75, 3.05) is 18.5 Å². The van der Waals surface area contributed by atoms with Crippen molar-refractivity contribution in [1.29, 1.82) is 0 Å². The highest BCUT2D eigenvalue weighted by atomic mass is 35.5. The van der Waals surface area contributed by atoms with Gasteiger partial charge in [0, 0.05) is 10.6 Å². The first kappa shape index (κ1) is 21.3. The van der Waals surface area contributed by atoms with Crippen molar-refractivity contribution in [2.45, 2.75) is 19.4 Å². The molecule has 2 aromatic rings. The minimum atomic E-state index is -1.39. The minimum Gasteiger partial charge on any atom is -0.462 e. The number of para-hydroxylation sites is 1. The topological polar surface area (TPSA) is 105 Å². The second-order valence-electron chi connectivity index (χ2n) is 6.74. The van der Waals surface area contributed by atoms with E-state index in [0.29, 0.717) is 10.6 Å². The molecule has 1 heterocycles. The number of rotatable bonds is 6. The monoisotopic (exact) mass is 429 g/mol. The number of imide groups is 1. The number of esters is 1. The molecule has 1 aliphatic rings. The van der Waals surface area contributed by atoms with Crippen molar-refractivity contribution >= 4 is 41.1 Å². The van der Waals surface area contributed by atoms with E-state index in [4.69, 9.17) is 16.3 Å². The van der Waals surface area contributed by atoms with E-state index >= 15 is 0 Å². The summed E-state index contributed by atoms with van der Waals surface area (Å²) < 4.78 is 4.97. The molecule has 0 spiro atoms. The molecular formula is C21H20ClN3O5. The van der Waals surface area contributed by atoms with E-state index in [1.807, 2.05) is 0 Å². The summed E-state index contributed by atoms with van der Waals surface area (Å²) in [6.07, 6.45) is 0. The molecule has 0 saturated carbocycles. The molecule has 0 aromatic heterocycles. The van der Waals surface area contributed by atoms with Gasteiger partial charge in [-0.2, -0.15) is 0 Å². The number of urea groups is 1. The van der Waals surface area contributed by atoms with Crippen molar-refractivity contribution in [3.8, 4) is 0 Å². The summed E-state index contributed by atoms with van der Waals surface area (Å²) in [6.45, 7) is 2.86. The van der Waals surface area contributed by atoms with Gasteiger partial charge in [-0.15, -0.1) is 0 Å². The van der Waals surface area contributed by atoms with Crippen LogP contribution in [0.3, 0.4) is 0 Å². The van der Waals surface area contributed by atoms with Gasteiger partial charge in [0.25, 0.3) is 5.91 Å². The van der Waals surface area contributed by atoms with Gasteiger partial charge in [0.15, 0.2) is 0 Å². The Morgan fingerprint density at radius 1 is 1.13 bits per heavy atom. The predicted octanol–water partition coefficient (Wildman–Crippen LogP) is 2.92. The Kier molecular flexibility index (Phi) is 6.07. The van der Waals surface area contributed by atoms with Crippen LogP contribution in [0.15, 0.2) is 48.5 Å². The second kappa shape index (κ2) is 8.54. The summed E-state index contributed by atoms with van der Waals surface area (Å²) in [7, 11) is 0. The number of halogens is 1. The number of amides is 4. The van der Waals surface area contributed by atoms with Crippen LogP contribution in [-0.2, 0) is 19.9 Å². The molecule has 1 atom stereocenters. The van der Waals surface area contributed by atoms with E-state index in [0.717, 1.165) is 4.90 Å². The van der Waals surface area contributed by atoms with E-state index in [1.165, 1.54) is 19.1 Å². The van der Waals surface area contributed by atoms with Gasteiger partial charge < -0.3 is 15.4 Å². The maximum absolute atomic E-state index is 13.0. The first-order valence-electron chi connectivity index (χ1n) is 9.23. The van der Waals surface area contributed by atoms with Crippen molar-refractivity contribution in [3.63, 3.8) is 0 Å². The molecule has 0 radical (unpaired) electrons. The van der Waals surface area contributed by atoms with Crippen LogP contribution < -0.4 is 10.6 Å². The first-order chi connectivity index (χ1) is 14.3. The molecule has 3 rings (SSSR count). The van der Waals surface area contributed by atoms with Gasteiger partial charge in [0.05, 0.1) is 17.9 Å². The molecule has 30 heavy (non-hydrogen) atoms. The summed E-state index contributed by atoms with van der Waals surface area (Å²) >= 11 is 6.20. The molecule has 4 amide bonds. The third kappa shape index (κ3) is 3.99.